The number of rotatable bonds is 5. The molecule has 0 aromatic heterocycles. The van der Waals surface area contributed by atoms with E-state index in [0.29, 0.717) is 0 Å². The Morgan fingerprint density at radius 1 is 1.23 bits per heavy atom. The Morgan fingerprint density at radius 3 is 2.54 bits per heavy atom. The molecule has 0 aliphatic heterocycles. The minimum Gasteiger partial charge on any atom is -0.0654 e. The molecule has 0 nitrogen and oxygen atoms in total. The second kappa shape index (κ2) is 5.67. The second-order valence-electron chi connectivity index (χ2n) is 4.97. The van der Waals surface area contributed by atoms with E-state index in [-0.39, 0.29) is 0 Å². The molecule has 0 aromatic carbocycles. The quantitative estimate of drug-likeness (QED) is 0.581. The molecule has 0 N–H and O–H groups in total. The fourth-order valence-corrected chi connectivity index (χ4v) is 2.76. The van der Waals surface area contributed by atoms with Crippen LogP contribution in [0.1, 0.15) is 65.7 Å². The Kier molecular flexibility index (Phi) is 4.83. The molecular formula is C13H26. The monoisotopic (exact) mass is 182 g/mol. The van der Waals surface area contributed by atoms with Gasteiger partial charge >= 0.3 is 0 Å². The lowest BCUT2D eigenvalue weighted by atomic mass is 9.87. The second-order valence-corrected chi connectivity index (χ2v) is 4.97. The third-order valence-corrected chi connectivity index (χ3v) is 3.98. The molecule has 0 bridgehead atoms. The average Bonchev–Trinajstić information content (AvgIpc) is 2.62. The van der Waals surface area contributed by atoms with Gasteiger partial charge in [0.2, 0.25) is 0 Å². The molecule has 0 radical (unpaired) electrons. The highest BCUT2D eigenvalue weighted by Gasteiger charge is 2.26. The van der Waals surface area contributed by atoms with Crippen molar-refractivity contribution in [2.45, 2.75) is 65.7 Å². The van der Waals surface area contributed by atoms with Gasteiger partial charge in [-0.15, -0.1) is 0 Å². The van der Waals surface area contributed by atoms with Gasteiger partial charge < -0.3 is 0 Å². The molecule has 0 spiro atoms. The first-order chi connectivity index (χ1) is 6.27. The van der Waals surface area contributed by atoms with Gasteiger partial charge in [-0.1, -0.05) is 52.9 Å². The first kappa shape index (κ1) is 11.1. The van der Waals surface area contributed by atoms with Gasteiger partial charge in [0.15, 0.2) is 0 Å². The summed E-state index contributed by atoms with van der Waals surface area (Å²) < 4.78 is 0. The van der Waals surface area contributed by atoms with E-state index < -0.39 is 0 Å². The predicted molar refractivity (Wildman–Crippen MR) is 59.8 cm³/mol. The summed E-state index contributed by atoms with van der Waals surface area (Å²) in [4.78, 5) is 0. The van der Waals surface area contributed by atoms with Gasteiger partial charge in [-0.25, -0.2) is 0 Å². The Hall–Kier alpha value is 0. The van der Waals surface area contributed by atoms with E-state index in [1.54, 1.807) is 0 Å². The Morgan fingerprint density at radius 2 is 2.00 bits per heavy atom. The van der Waals surface area contributed by atoms with Gasteiger partial charge in [-0.05, 0) is 30.6 Å². The molecule has 0 aromatic rings. The van der Waals surface area contributed by atoms with Gasteiger partial charge in [0.1, 0.15) is 0 Å². The van der Waals surface area contributed by atoms with Crippen LogP contribution in [0.5, 0.6) is 0 Å². The Balaban J connectivity index is 2.20. The van der Waals surface area contributed by atoms with Crippen molar-refractivity contribution in [2.24, 2.45) is 17.8 Å². The van der Waals surface area contributed by atoms with Crippen LogP contribution in [0.15, 0.2) is 0 Å². The highest BCUT2D eigenvalue weighted by Crippen LogP contribution is 2.38. The molecule has 1 aliphatic rings. The average molecular weight is 182 g/mol. The normalized spacial score (nSPS) is 30.7. The summed E-state index contributed by atoms with van der Waals surface area (Å²) in [7, 11) is 0. The summed E-state index contributed by atoms with van der Waals surface area (Å²) in [5.41, 5.74) is 0. The van der Waals surface area contributed by atoms with Crippen molar-refractivity contribution in [3.8, 4) is 0 Å². The fraction of sp³-hybridized carbons (Fsp3) is 1.00. The minimum absolute atomic E-state index is 0.997. The zero-order valence-corrected chi connectivity index (χ0v) is 9.68. The molecule has 0 heteroatoms. The summed E-state index contributed by atoms with van der Waals surface area (Å²) >= 11 is 0. The van der Waals surface area contributed by atoms with Crippen molar-refractivity contribution >= 4 is 0 Å². The van der Waals surface area contributed by atoms with Crippen molar-refractivity contribution in [1.29, 1.82) is 0 Å². The first-order valence-electron chi connectivity index (χ1n) is 6.27. The van der Waals surface area contributed by atoms with E-state index >= 15 is 0 Å². The van der Waals surface area contributed by atoms with Gasteiger partial charge in [-0.3, -0.25) is 0 Å². The molecule has 0 amide bonds. The van der Waals surface area contributed by atoms with Crippen molar-refractivity contribution < 1.29 is 0 Å². The van der Waals surface area contributed by atoms with Crippen molar-refractivity contribution in [3.63, 3.8) is 0 Å². The van der Waals surface area contributed by atoms with E-state index in [9.17, 15) is 0 Å². The van der Waals surface area contributed by atoms with E-state index in [1.165, 1.54) is 44.9 Å². The number of hydrogen-bond donors (Lipinski definition) is 0. The lowest BCUT2D eigenvalue weighted by Crippen LogP contribution is -2.08. The van der Waals surface area contributed by atoms with Crippen LogP contribution >= 0.6 is 0 Å². The van der Waals surface area contributed by atoms with Crippen LogP contribution < -0.4 is 0 Å². The van der Waals surface area contributed by atoms with Crippen LogP contribution in [0.25, 0.3) is 0 Å². The maximum Gasteiger partial charge on any atom is -0.0386 e. The van der Waals surface area contributed by atoms with Gasteiger partial charge in [-0.2, -0.15) is 0 Å². The zero-order valence-electron chi connectivity index (χ0n) is 9.68. The van der Waals surface area contributed by atoms with Crippen LogP contribution in [0.4, 0.5) is 0 Å². The van der Waals surface area contributed by atoms with Crippen LogP contribution in [-0.4, -0.2) is 0 Å². The summed E-state index contributed by atoms with van der Waals surface area (Å²) in [6.07, 6.45) is 10.2. The lowest BCUT2D eigenvalue weighted by Gasteiger charge is -2.18. The first-order valence-corrected chi connectivity index (χ1v) is 6.27. The fourth-order valence-electron chi connectivity index (χ4n) is 2.76. The lowest BCUT2D eigenvalue weighted by molar-refractivity contribution is 0.325. The largest absolute Gasteiger partial charge is 0.0654 e. The van der Waals surface area contributed by atoms with Crippen LogP contribution in [0, 0.1) is 17.8 Å². The zero-order chi connectivity index (χ0) is 9.68. The van der Waals surface area contributed by atoms with Crippen LogP contribution in [-0.2, 0) is 0 Å². The number of unbranched alkanes of at least 4 members (excludes halogenated alkanes) is 1. The molecular weight excluding hydrogens is 156 g/mol. The van der Waals surface area contributed by atoms with Gasteiger partial charge in [0, 0.05) is 0 Å². The van der Waals surface area contributed by atoms with Crippen LogP contribution in [0.3, 0.4) is 0 Å². The van der Waals surface area contributed by atoms with E-state index in [0.717, 1.165) is 17.8 Å². The Labute approximate surface area is 84.1 Å². The molecule has 0 saturated heterocycles. The van der Waals surface area contributed by atoms with Gasteiger partial charge in [0.25, 0.3) is 0 Å². The molecule has 78 valence electrons. The predicted octanol–water partition coefficient (Wildman–Crippen LogP) is 4.64. The topological polar surface area (TPSA) is 0 Å². The maximum atomic E-state index is 2.47. The molecule has 3 atom stereocenters. The van der Waals surface area contributed by atoms with Crippen molar-refractivity contribution in [3.05, 3.63) is 0 Å². The summed E-state index contributed by atoms with van der Waals surface area (Å²) in [5.74, 6) is 3.13. The Bertz CT molecular complexity index is 128. The molecule has 1 rings (SSSR count). The van der Waals surface area contributed by atoms with E-state index in [1.807, 2.05) is 0 Å². The standard InChI is InChI=1S/C13H26/c1-4-6-7-11(3)13-9-8-12(5-2)10-13/h11-13H,4-10H2,1-3H3. The van der Waals surface area contributed by atoms with Crippen LogP contribution in [0.2, 0.25) is 0 Å². The summed E-state index contributed by atoms with van der Waals surface area (Å²) in [5, 5.41) is 0. The SMILES string of the molecule is CCCCC(C)C1CCC(CC)C1. The van der Waals surface area contributed by atoms with Gasteiger partial charge in [0.05, 0.1) is 0 Å². The highest BCUT2D eigenvalue weighted by molar-refractivity contribution is 4.78. The van der Waals surface area contributed by atoms with Crippen molar-refractivity contribution in [2.75, 3.05) is 0 Å². The molecule has 13 heavy (non-hydrogen) atoms. The number of hydrogen-bond acceptors (Lipinski definition) is 0. The summed E-state index contributed by atoms with van der Waals surface area (Å²) in [6.45, 7) is 7.12. The third kappa shape index (κ3) is 3.32. The highest BCUT2D eigenvalue weighted by atomic mass is 14.3. The maximum absolute atomic E-state index is 2.47. The van der Waals surface area contributed by atoms with Crippen molar-refractivity contribution in [1.82, 2.24) is 0 Å². The molecule has 1 saturated carbocycles. The summed E-state index contributed by atoms with van der Waals surface area (Å²) in [6, 6.07) is 0. The minimum atomic E-state index is 0.997. The molecule has 0 heterocycles. The smallest absolute Gasteiger partial charge is 0.0386 e. The molecule has 1 aliphatic carbocycles. The molecule has 3 unspecified atom stereocenters. The molecule has 1 fully saturated rings. The third-order valence-electron chi connectivity index (χ3n) is 3.98. The van der Waals surface area contributed by atoms with E-state index in [4.69, 9.17) is 0 Å². The van der Waals surface area contributed by atoms with E-state index in [2.05, 4.69) is 20.8 Å².